The minimum absolute atomic E-state index is 0.269. The molecule has 144 valence electrons. The molecule has 27 heavy (non-hydrogen) atoms. The van der Waals surface area contributed by atoms with Crippen LogP contribution in [0.15, 0.2) is 18.5 Å². The predicted molar refractivity (Wildman–Crippen MR) is 97.8 cm³/mol. The second kappa shape index (κ2) is 6.64. The molecule has 4 rings (SSSR count). The number of piperidine rings is 1. The van der Waals surface area contributed by atoms with Gasteiger partial charge in [-0.05, 0) is 32.0 Å². The molecule has 4 heterocycles. The zero-order valence-electron chi connectivity index (χ0n) is 14.5. The smallest absolute Gasteiger partial charge is 0.383 e. The number of pyridine rings is 1. The number of imidazole rings is 1. The number of hydrogen-bond acceptors (Lipinski definition) is 7. The number of nitrogens with zero attached hydrogens (tertiary/aromatic N) is 5. The molecule has 0 unspecified atom stereocenters. The van der Waals surface area contributed by atoms with E-state index in [-0.39, 0.29) is 5.56 Å². The minimum atomic E-state index is -4.57. The van der Waals surface area contributed by atoms with Crippen molar-refractivity contribution < 1.29 is 13.2 Å². The third-order valence-electron chi connectivity index (χ3n) is 4.75. The van der Waals surface area contributed by atoms with E-state index in [9.17, 15) is 13.2 Å². The zero-order valence-corrected chi connectivity index (χ0v) is 15.3. The third-order valence-corrected chi connectivity index (χ3v) is 5.77. The highest BCUT2D eigenvalue weighted by molar-refractivity contribution is 7.20. The van der Waals surface area contributed by atoms with Gasteiger partial charge in [0.1, 0.15) is 5.82 Å². The maximum absolute atomic E-state index is 13.1. The molecular weight excluding hydrogens is 379 g/mol. The van der Waals surface area contributed by atoms with Crippen LogP contribution in [0.3, 0.4) is 0 Å². The first-order valence-electron chi connectivity index (χ1n) is 8.46. The Morgan fingerprint density at radius 3 is 2.70 bits per heavy atom. The van der Waals surface area contributed by atoms with Crippen molar-refractivity contribution in [3.8, 4) is 11.3 Å². The van der Waals surface area contributed by atoms with Crippen LogP contribution in [0.5, 0.6) is 0 Å². The van der Waals surface area contributed by atoms with E-state index >= 15 is 0 Å². The number of nitrogens with one attached hydrogen (secondary N) is 1. The van der Waals surface area contributed by atoms with Crippen LogP contribution in [-0.4, -0.2) is 45.8 Å². The zero-order chi connectivity index (χ0) is 19.2. The van der Waals surface area contributed by atoms with E-state index < -0.39 is 17.6 Å². The topological polar surface area (TPSA) is 84.4 Å². The Hall–Kier alpha value is -2.40. The average Bonchev–Trinajstić information content (AvgIpc) is 3.22. The quantitative estimate of drug-likeness (QED) is 0.707. The van der Waals surface area contributed by atoms with Crippen LogP contribution in [-0.2, 0) is 6.18 Å². The molecule has 1 saturated heterocycles. The summed E-state index contributed by atoms with van der Waals surface area (Å²) in [5, 5.41) is 8.68. The Morgan fingerprint density at radius 1 is 1.26 bits per heavy atom. The van der Waals surface area contributed by atoms with Crippen molar-refractivity contribution >= 4 is 27.2 Å². The number of halogens is 3. The molecule has 0 bridgehead atoms. The van der Waals surface area contributed by atoms with Crippen molar-refractivity contribution in [2.24, 2.45) is 0 Å². The minimum Gasteiger partial charge on any atom is -0.383 e. The fourth-order valence-electron chi connectivity index (χ4n) is 3.21. The number of anilines is 2. The van der Waals surface area contributed by atoms with Gasteiger partial charge in [-0.2, -0.15) is 13.2 Å². The normalized spacial score (nSPS) is 16.1. The molecule has 1 aliphatic rings. The Balaban J connectivity index is 1.71. The van der Waals surface area contributed by atoms with Crippen LogP contribution < -0.4 is 16.0 Å². The molecule has 0 spiro atoms. The van der Waals surface area contributed by atoms with Gasteiger partial charge in [-0.15, -0.1) is 5.10 Å². The number of hydrogen-bond donors (Lipinski definition) is 2. The molecule has 7 nitrogen and oxygen atoms in total. The van der Waals surface area contributed by atoms with Crippen LogP contribution in [0.25, 0.3) is 16.2 Å². The Morgan fingerprint density at radius 2 is 2.00 bits per heavy atom. The SMILES string of the molecule is CN(c1nn2c(-c3cnc(N)c(C(F)(F)F)c3)cnc2s1)C1CCNCC1. The Bertz CT molecular complexity index is 959. The molecule has 0 aliphatic carbocycles. The van der Waals surface area contributed by atoms with Gasteiger partial charge >= 0.3 is 6.18 Å². The van der Waals surface area contributed by atoms with Gasteiger partial charge in [0.05, 0.1) is 17.5 Å². The van der Waals surface area contributed by atoms with Crippen LogP contribution in [0, 0.1) is 0 Å². The first-order valence-corrected chi connectivity index (χ1v) is 9.27. The van der Waals surface area contributed by atoms with Gasteiger partial charge in [0.2, 0.25) is 10.1 Å². The number of fused-ring (bicyclic) bond motifs is 1. The van der Waals surface area contributed by atoms with Gasteiger partial charge < -0.3 is 16.0 Å². The largest absolute Gasteiger partial charge is 0.419 e. The maximum atomic E-state index is 13.1. The molecule has 0 atom stereocenters. The van der Waals surface area contributed by atoms with Crippen LogP contribution in [0.2, 0.25) is 0 Å². The molecule has 0 amide bonds. The third kappa shape index (κ3) is 3.32. The predicted octanol–water partition coefficient (Wildman–Crippen LogP) is 2.64. The molecule has 0 radical (unpaired) electrons. The molecule has 1 aliphatic heterocycles. The lowest BCUT2D eigenvalue weighted by Gasteiger charge is -2.30. The summed E-state index contributed by atoms with van der Waals surface area (Å²) in [4.78, 5) is 10.7. The van der Waals surface area contributed by atoms with Crippen LogP contribution >= 0.6 is 11.3 Å². The average molecular weight is 397 g/mol. The molecule has 11 heteroatoms. The molecule has 0 aromatic carbocycles. The first-order chi connectivity index (χ1) is 12.8. The van der Waals surface area contributed by atoms with Gasteiger partial charge in [-0.3, -0.25) is 0 Å². The van der Waals surface area contributed by atoms with E-state index in [4.69, 9.17) is 5.73 Å². The summed E-state index contributed by atoms with van der Waals surface area (Å²) in [6.07, 6.45) is 0.271. The molecule has 0 saturated carbocycles. The summed E-state index contributed by atoms with van der Waals surface area (Å²) in [7, 11) is 1.99. The van der Waals surface area contributed by atoms with Crippen molar-refractivity contribution in [2.45, 2.75) is 25.1 Å². The van der Waals surface area contributed by atoms with Crippen molar-refractivity contribution in [1.82, 2.24) is 24.9 Å². The van der Waals surface area contributed by atoms with Gasteiger partial charge in [-0.1, -0.05) is 11.3 Å². The lowest BCUT2D eigenvalue weighted by Crippen LogP contribution is -2.41. The van der Waals surface area contributed by atoms with Crippen molar-refractivity contribution in [2.75, 3.05) is 30.8 Å². The first kappa shape index (κ1) is 18.0. The fourth-order valence-corrected chi connectivity index (χ4v) is 4.12. The van der Waals surface area contributed by atoms with E-state index in [1.54, 1.807) is 4.52 Å². The van der Waals surface area contributed by atoms with Crippen molar-refractivity contribution in [3.63, 3.8) is 0 Å². The summed E-state index contributed by atoms with van der Waals surface area (Å²) in [5.74, 6) is -0.545. The lowest BCUT2D eigenvalue weighted by molar-refractivity contribution is -0.137. The second-order valence-electron chi connectivity index (χ2n) is 6.47. The van der Waals surface area contributed by atoms with E-state index in [0.29, 0.717) is 16.7 Å². The summed E-state index contributed by atoms with van der Waals surface area (Å²) < 4.78 is 41.0. The van der Waals surface area contributed by atoms with E-state index in [1.165, 1.54) is 23.7 Å². The molecule has 1 fully saturated rings. The fraction of sp³-hybridized carbons (Fsp3) is 0.438. The van der Waals surface area contributed by atoms with E-state index in [2.05, 4.69) is 25.3 Å². The second-order valence-corrected chi connectivity index (χ2v) is 7.40. The lowest BCUT2D eigenvalue weighted by atomic mass is 10.1. The van der Waals surface area contributed by atoms with Gasteiger partial charge in [0, 0.05) is 24.8 Å². The van der Waals surface area contributed by atoms with Crippen molar-refractivity contribution in [3.05, 3.63) is 24.0 Å². The molecular formula is C16H18F3N7S. The summed E-state index contributed by atoms with van der Waals surface area (Å²) in [6.45, 7) is 1.92. The molecule has 3 aromatic rings. The number of nitrogens with two attached hydrogens (primary N) is 1. The Labute approximate surface area is 157 Å². The van der Waals surface area contributed by atoms with Crippen LogP contribution in [0.4, 0.5) is 24.1 Å². The van der Waals surface area contributed by atoms with Crippen LogP contribution in [0.1, 0.15) is 18.4 Å². The molecule has 3 N–H and O–H groups in total. The van der Waals surface area contributed by atoms with Gasteiger partial charge in [0.25, 0.3) is 0 Å². The van der Waals surface area contributed by atoms with E-state index in [0.717, 1.165) is 37.1 Å². The van der Waals surface area contributed by atoms with E-state index in [1.807, 2.05) is 7.05 Å². The number of alkyl halides is 3. The number of aromatic nitrogens is 4. The Kier molecular flexibility index (Phi) is 4.42. The van der Waals surface area contributed by atoms with Crippen molar-refractivity contribution in [1.29, 1.82) is 0 Å². The van der Waals surface area contributed by atoms with Gasteiger partial charge in [-0.25, -0.2) is 14.5 Å². The summed E-state index contributed by atoms with van der Waals surface area (Å²) in [6, 6.07) is 1.36. The summed E-state index contributed by atoms with van der Waals surface area (Å²) >= 11 is 1.41. The molecule has 3 aromatic heterocycles. The number of rotatable bonds is 3. The summed E-state index contributed by atoms with van der Waals surface area (Å²) in [5.41, 5.74) is 5.15. The number of nitrogen functional groups attached to an aromatic ring is 1. The monoisotopic (exact) mass is 397 g/mol. The standard InChI is InChI=1S/C16H18F3N7S/c1-25(10-2-4-21-5-3-10)15-24-26-12(8-23-14(26)27-15)9-6-11(16(17,18)19)13(20)22-7-9/h6-8,10,21H,2-5H2,1H3,(H2,20,22). The highest BCUT2D eigenvalue weighted by Crippen LogP contribution is 2.36. The highest BCUT2D eigenvalue weighted by Gasteiger charge is 2.34. The highest BCUT2D eigenvalue weighted by atomic mass is 32.1. The van der Waals surface area contributed by atoms with Gasteiger partial charge in [0.15, 0.2) is 0 Å². The maximum Gasteiger partial charge on any atom is 0.419 e.